The molecular formula is C20H18N4OS. The van der Waals surface area contributed by atoms with Gasteiger partial charge in [0.2, 0.25) is 0 Å². The minimum Gasteiger partial charge on any atom is -0.395 e. The van der Waals surface area contributed by atoms with Gasteiger partial charge in [0.15, 0.2) is 5.82 Å². The van der Waals surface area contributed by atoms with E-state index in [0.717, 1.165) is 32.2 Å². The number of pyridine rings is 1. The van der Waals surface area contributed by atoms with Crippen molar-refractivity contribution in [3.05, 3.63) is 60.8 Å². The van der Waals surface area contributed by atoms with Crippen molar-refractivity contribution in [1.29, 1.82) is 0 Å². The predicted molar refractivity (Wildman–Crippen MR) is 106 cm³/mol. The lowest BCUT2D eigenvalue weighted by Gasteiger charge is -2.18. The van der Waals surface area contributed by atoms with Gasteiger partial charge in [-0.3, -0.25) is 4.98 Å². The van der Waals surface area contributed by atoms with Crippen LogP contribution in [0.2, 0.25) is 0 Å². The molecule has 26 heavy (non-hydrogen) atoms. The molecule has 0 saturated heterocycles. The van der Waals surface area contributed by atoms with Crippen LogP contribution in [0.5, 0.6) is 0 Å². The van der Waals surface area contributed by atoms with E-state index in [0.29, 0.717) is 12.4 Å². The van der Waals surface area contributed by atoms with Crippen molar-refractivity contribution >= 4 is 27.4 Å². The van der Waals surface area contributed by atoms with E-state index in [2.05, 4.69) is 23.2 Å². The molecule has 0 fully saturated rings. The maximum absolute atomic E-state index is 9.34. The molecule has 0 unspecified atom stereocenters. The smallest absolute Gasteiger partial charge is 0.181 e. The summed E-state index contributed by atoms with van der Waals surface area (Å²) in [6.45, 7) is 0.570. The molecule has 0 amide bonds. The Morgan fingerprint density at radius 1 is 1.04 bits per heavy atom. The predicted octanol–water partition coefficient (Wildman–Crippen LogP) is 3.85. The molecule has 0 aliphatic carbocycles. The highest BCUT2D eigenvalue weighted by Gasteiger charge is 2.16. The Kier molecular flexibility index (Phi) is 4.60. The van der Waals surface area contributed by atoms with Gasteiger partial charge in [0.25, 0.3) is 0 Å². The SMILES string of the molecule is CN(CCO)c1nc(-c2ccccn2)nc2sc(-c3ccccc3)cc12. The highest BCUT2D eigenvalue weighted by atomic mass is 32.1. The van der Waals surface area contributed by atoms with E-state index in [4.69, 9.17) is 9.97 Å². The summed E-state index contributed by atoms with van der Waals surface area (Å²) in [5, 5.41) is 10.3. The summed E-state index contributed by atoms with van der Waals surface area (Å²) >= 11 is 1.64. The number of likely N-dealkylation sites (N-methyl/N-ethyl adjacent to an activating group) is 1. The third kappa shape index (κ3) is 3.16. The fourth-order valence-electron chi connectivity index (χ4n) is 2.81. The van der Waals surface area contributed by atoms with Gasteiger partial charge in [-0.1, -0.05) is 36.4 Å². The van der Waals surface area contributed by atoms with Crippen molar-refractivity contribution in [2.24, 2.45) is 0 Å². The summed E-state index contributed by atoms with van der Waals surface area (Å²) in [6, 6.07) is 18.1. The van der Waals surface area contributed by atoms with Crippen LogP contribution in [-0.4, -0.2) is 40.3 Å². The number of benzene rings is 1. The van der Waals surface area contributed by atoms with Crippen LogP contribution in [0.4, 0.5) is 5.82 Å². The van der Waals surface area contributed by atoms with Gasteiger partial charge in [-0.05, 0) is 23.8 Å². The maximum Gasteiger partial charge on any atom is 0.181 e. The van der Waals surface area contributed by atoms with E-state index in [9.17, 15) is 5.11 Å². The van der Waals surface area contributed by atoms with Crippen LogP contribution in [0.1, 0.15) is 0 Å². The minimum atomic E-state index is 0.0661. The lowest BCUT2D eigenvalue weighted by Crippen LogP contribution is -2.22. The first kappa shape index (κ1) is 16.6. The van der Waals surface area contributed by atoms with E-state index < -0.39 is 0 Å². The van der Waals surface area contributed by atoms with Crippen molar-refractivity contribution in [3.8, 4) is 22.0 Å². The summed E-state index contributed by atoms with van der Waals surface area (Å²) < 4.78 is 0. The number of thiophene rings is 1. The number of fused-ring (bicyclic) bond motifs is 1. The van der Waals surface area contributed by atoms with Crippen molar-refractivity contribution in [2.75, 3.05) is 25.1 Å². The molecule has 6 heteroatoms. The zero-order valence-corrected chi connectivity index (χ0v) is 15.1. The second kappa shape index (κ2) is 7.19. The summed E-state index contributed by atoms with van der Waals surface area (Å²) in [5.74, 6) is 1.41. The standard InChI is InChI=1S/C20H18N4OS/c1-24(11-12-25)19-15-13-17(14-7-3-2-4-8-14)26-20(15)23-18(22-19)16-9-5-6-10-21-16/h2-10,13,25H,11-12H2,1H3. The normalized spacial score (nSPS) is 11.0. The average molecular weight is 362 g/mol. The molecule has 0 atom stereocenters. The Labute approximate surface area is 155 Å². The summed E-state index contributed by atoms with van der Waals surface area (Å²) in [6.07, 6.45) is 1.74. The third-order valence-electron chi connectivity index (χ3n) is 4.12. The van der Waals surface area contributed by atoms with Gasteiger partial charge in [-0.15, -0.1) is 11.3 Å². The van der Waals surface area contributed by atoms with E-state index in [1.54, 1.807) is 17.5 Å². The monoisotopic (exact) mass is 362 g/mol. The third-order valence-corrected chi connectivity index (χ3v) is 5.20. The number of hydrogen-bond acceptors (Lipinski definition) is 6. The first-order chi connectivity index (χ1) is 12.8. The quantitative estimate of drug-likeness (QED) is 0.584. The van der Waals surface area contributed by atoms with Gasteiger partial charge in [0.05, 0.1) is 12.0 Å². The molecule has 130 valence electrons. The van der Waals surface area contributed by atoms with Crippen molar-refractivity contribution in [2.45, 2.75) is 0 Å². The first-order valence-electron chi connectivity index (χ1n) is 8.36. The van der Waals surface area contributed by atoms with E-state index in [1.165, 1.54) is 0 Å². The molecule has 0 radical (unpaired) electrons. The molecule has 3 aromatic heterocycles. The van der Waals surface area contributed by atoms with Gasteiger partial charge >= 0.3 is 0 Å². The number of nitrogens with zero attached hydrogens (tertiary/aromatic N) is 4. The molecule has 0 saturated carbocycles. The molecule has 0 aliphatic rings. The lowest BCUT2D eigenvalue weighted by atomic mass is 10.2. The fraction of sp³-hybridized carbons (Fsp3) is 0.150. The summed E-state index contributed by atoms with van der Waals surface area (Å²) in [5.41, 5.74) is 1.90. The van der Waals surface area contributed by atoms with E-state index in [-0.39, 0.29) is 6.61 Å². The average Bonchev–Trinajstić information content (AvgIpc) is 3.13. The second-order valence-electron chi connectivity index (χ2n) is 5.93. The number of aromatic nitrogens is 3. The van der Waals surface area contributed by atoms with Crippen LogP contribution >= 0.6 is 11.3 Å². The Hall–Kier alpha value is -2.83. The van der Waals surface area contributed by atoms with Crippen LogP contribution in [0.25, 0.3) is 32.2 Å². The Balaban J connectivity index is 1.91. The molecule has 4 rings (SSSR count). The van der Waals surface area contributed by atoms with Crippen LogP contribution < -0.4 is 4.90 Å². The van der Waals surface area contributed by atoms with Crippen LogP contribution in [0.3, 0.4) is 0 Å². The van der Waals surface area contributed by atoms with Crippen molar-refractivity contribution in [1.82, 2.24) is 15.0 Å². The van der Waals surface area contributed by atoms with Gasteiger partial charge in [-0.25, -0.2) is 9.97 Å². The van der Waals surface area contributed by atoms with Crippen molar-refractivity contribution < 1.29 is 5.11 Å². The molecule has 5 nitrogen and oxygen atoms in total. The number of hydrogen-bond donors (Lipinski definition) is 1. The van der Waals surface area contributed by atoms with Crippen LogP contribution in [0, 0.1) is 0 Å². The number of anilines is 1. The number of rotatable bonds is 5. The zero-order valence-electron chi connectivity index (χ0n) is 14.3. The second-order valence-corrected chi connectivity index (χ2v) is 6.96. The van der Waals surface area contributed by atoms with E-state index in [1.807, 2.05) is 48.3 Å². The minimum absolute atomic E-state index is 0.0661. The lowest BCUT2D eigenvalue weighted by molar-refractivity contribution is 0.304. The highest BCUT2D eigenvalue weighted by molar-refractivity contribution is 7.21. The molecule has 0 bridgehead atoms. The zero-order chi connectivity index (χ0) is 17.9. The molecule has 3 heterocycles. The summed E-state index contributed by atoms with van der Waals surface area (Å²) in [7, 11) is 1.93. The van der Waals surface area contributed by atoms with Gasteiger partial charge in [0.1, 0.15) is 16.3 Å². The Bertz CT molecular complexity index is 1020. The largest absolute Gasteiger partial charge is 0.395 e. The summed E-state index contributed by atoms with van der Waals surface area (Å²) in [4.78, 5) is 17.9. The van der Waals surface area contributed by atoms with Crippen molar-refractivity contribution in [3.63, 3.8) is 0 Å². The van der Waals surface area contributed by atoms with Crippen LogP contribution in [-0.2, 0) is 0 Å². The number of aliphatic hydroxyl groups excluding tert-OH is 1. The highest BCUT2D eigenvalue weighted by Crippen LogP contribution is 2.37. The van der Waals surface area contributed by atoms with Gasteiger partial charge < -0.3 is 10.0 Å². The van der Waals surface area contributed by atoms with Gasteiger partial charge in [-0.2, -0.15) is 0 Å². The van der Waals surface area contributed by atoms with E-state index >= 15 is 0 Å². The molecule has 4 aromatic rings. The Morgan fingerprint density at radius 2 is 1.85 bits per heavy atom. The number of aliphatic hydroxyl groups is 1. The topological polar surface area (TPSA) is 62.1 Å². The maximum atomic E-state index is 9.34. The van der Waals surface area contributed by atoms with Crippen LogP contribution in [0.15, 0.2) is 60.8 Å². The fourth-order valence-corrected chi connectivity index (χ4v) is 3.84. The molecule has 1 aromatic carbocycles. The molecule has 0 spiro atoms. The molecule has 0 aliphatic heterocycles. The molecule has 1 N–H and O–H groups in total. The molecular weight excluding hydrogens is 344 g/mol. The first-order valence-corrected chi connectivity index (χ1v) is 9.18. The van der Waals surface area contributed by atoms with Gasteiger partial charge in [0, 0.05) is 24.7 Å². The Morgan fingerprint density at radius 3 is 2.58 bits per heavy atom.